The van der Waals surface area contributed by atoms with E-state index in [9.17, 15) is 50.5 Å². The lowest BCUT2D eigenvalue weighted by Crippen LogP contribution is -2.49. The molecule has 4 aliphatic carbocycles. The molecule has 7 aliphatic rings. The van der Waals surface area contributed by atoms with Crippen LogP contribution in [0.5, 0.6) is 11.5 Å². The van der Waals surface area contributed by atoms with E-state index in [1.54, 1.807) is 32.9 Å². The molecule has 99 heavy (non-hydrogen) atoms. The zero-order valence-corrected chi connectivity index (χ0v) is 62.6. The number of aliphatic carboxylic acids is 1. The minimum atomic E-state index is -5.86. The van der Waals surface area contributed by atoms with Gasteiger partial charge in [-0.25, -0.2) is 8.42 Å². The first-order valence-corrected chi connectivity index (χ1v) is 37.7. The van der Waals surface area contributed by atoms with Crippen LogP contribution in [-0.2, 0) is 73.5 Å². The SMILES string of the molecule is CCC(C)(C)C(=O)O.CCC(C)(C)C(=O)OC(C)C(F)(F)S(=O)(=O)[O-].CCC(C)(C)C(=O)OC1(CC)CC2CC1C1C3CCC(C3)C21.CCC(C)(C)C(=O)OC1C2CC3C(=O)OC1C3O2.CCC(C)(C)C(=O)Oc1ccc(O)cc1.c1ccc([S+](c2ccccc2)c2ccccc2)cc1. The van der Waals surface area contributed by atoms with Gasteiger partial charge in [0, 0.05) is 5.92 Å². The molecule has 11 rings (SSSR count). The van der Waals surface area contributed by atoms with E-state index in [0.29, 0.717) is 44.3 Å². The average Bonchev–Trinajstić information content (AvgIpc) is 1.54. The molecule has 17 nitrogen and oxygen atoms in total. The van der Waals surface area contributed by atoms with Crippen molar-refractivity contribution in [1.29, 1.82) is 0 Å². The standard InChI is InChI=1S/C20H32O2.C18H15S.C13H18O5.C12H16O3.C9H16F2O5S.C6H12O2/c1-5-19(3,4)18(21)22-20(6-2)11-14-10-15(20)17-13-8-7-12(9-13)16(14)17;1-4-10-16(11-5-1)19(17-12-6-2-7-13-17)18-14-8-3-9-15-18;1-4-13(2,3)12(15)18-9-7-5-6-8(16-7)10(9)17-11(6)14;1-4-12(2,3)11(14)15-10-7-5-9(13)6-8-10;1-5-8(3,4)7(12)16-6(2)9(10,11)17(13,14)15;1-4-6(2,3)5(7)8/h12-17H,5-11H2,1-4H3;1-15H;6-10H,4-5H2,1-3H3;5-8,13H,4H2,1-3H3;6H,5H2,1-4H3,(H,13,14,15);4H2,1-3H3,(H,7,8)/q;+1;;;;/p-1. The molecule has 4 aromatic rings. The summed E-state index contributed by atoms with van der Waals surface area (Å²) >= 11 is 0. The predicted octanol–water partition coefficient (Wildman–Crippen LogP) is 16.4. The van der Waals surface area contributed by atoms with Crippen molar-refractivity contribution in [2.75, 3.05) is 0 Å². The summed E-state index contributed by atoms with van der Waals surface area (Å²) < 4.78 is 89.2. The molecule has 548 valence electrons. The largest absolute Gasteiger partial charge is 0.743 e. The number of carboxylic acids is 1. The van der Waals surface area contributed by atoms with Crippen LogP contribution in [0.3, 0.4) is 0 Å². The van der Waals surface area contributed by atoms with Crippen molar-refractivity contribution in [2.24, 2.45) is 68.5 Å². The smallest absolute Gasteiger partial charge is 0.369 e. The van der Waals surface area contributed by atoms with Gasteiger partial charge >= 0.3 is 41.1 Å². The number of aromatic hydroxyl groups is 1. The highest BCUT2D eigenvalue weighted by atomic mass is 32.2. The number of hydrogen-bond donors (Lipinski definition) is 2. The second-order valence-electron chi connectivity index (χ2n) is 30.5. The number of rotatable bonds is 20. The van der Waals surface area contributed by atoms with Gasteiger partial charge in [-0.05, 0) is 243 Å². The third kappa shape index (κ3) is 19.2. The van der Waals surface area contributed by atoms with E-state index in [1.165, 1.54) is 66.3 Å². The van der Waals surface area contributed by atoms with Crippen LogP contribution in [0.1, 0.15) is 195 Å². The van der Waals surface area contributed by atoms with Crippen LogP contribution < -0.4 is 4.74 Å². The van der Waals surface area contributed by atoms with Crippen molar-refractivity contribution in [3.05, 3.63) is 115 Å². The van der Waals surface area contributed by atoms with Crippen LogP contribution in [0.2, 0.25) is 0 Å². The van der Waals surface area contributed by atoms with Crippen LogP contribution in [0.25, 0.3) is 0 Å². The molecule has 0 aromatic heterocycles. The molecule has 0 radical (unpaired) electrons. The van der Waals surface area contributed by atoms with E-state index in [-0.39, 0.29) is 69.7 Å². The molecule has 3 heterocycles. The van der Waals surface area contributed by atoms with Gasteiger partial charge in [0.2, 0.25) is 0 Å². The Morgan fingerprint density at radius 1 is 0.606 bits per heavy atom. The summed E-state index contributed by atoms with van der Waals surface area (Å²) in [7, 11) is -5.87. The third-order valence-corrected chi connectivity index (χ3v) is 25.3. The Morgan fingerprint density at radius 3 is 1.48 bits per heavy atom. The molecule has 3 saturated heterocycles. The monoisotopic (exact) mass is 1420 g/mol. The fraction of sp³-hybridized carbons (Fsp3) is 0.615. The van der Waals surface area contributed by atoms with E-state index < -0.39 is 67.3 Å². The normalized spacial score (nSPS) is 25.6. The number of carbonyl (C=O) groups is 6. The van der Waals surface area contributed by atoms with Crippen molar-refractivity contribution in [3.63, 3.8) is 0 Å². The molecule has 4 aromatic carbocycles. The maximum absolute atomic E-state index is 13.0. The van der Waals surface area contributed by atoms with Crippen LogP contribution in [0.4, 0.5) is 8.78 Å². The number of hydrogen-bond acceptors (Lipinski definition) is 16. The Balaban J connectivity index is 0.000000191. The Kier molecular flexibility index (Phi) is 27.3. The number of benzene rings is 4. The highest BCUT2D eigenvalue weighted by molar-refractivity contribution is 7.97. The van der Waals surface area contributed by atoms with Crippen LogP contribution in [-0.4, -0.2) is 100 Å². The number of halogens is 2. The second kappa shape index (κ2) is 33.1. The van der Waals surface area contributed by atoms with Crippen molar-refractivity contribution in [3.8, 4) is 11.5 Å². The number of esters is 5. The Labute approximate surface area is 589 Å². The molecular weight excluding hydrogens is 1310 g/mol. The number of carbonyl (C=O) groups excluding carboxylic acids is 5. The summed E-state index contributed by atoms with van der Waals surface area (Å²) in [4.78, 5) is 73.8. The first-order valence-electron chi connectivity index (χ1n) is 35.1. The summed E-state index contributed by atoms with van der Waals surface area (Å²) in [6.07, 6.45) is 8.34. The number of alkyl halides is 2. The minimum Gasteiger partial charge on any atom is -0.743 e. The molecule has 0 spiro atoms. The number of phenols is 1. The maximum Gasteiger partial charge on any atom is 0.369 e. The topological polar surface area (TPSA) is 255 Å². The van der Waals surface area contributed by atoms with Gasteiger partial charge in [-0.1, -0.05) is 96.1 Å². The molecule has 13 atom stereocenters. The molecular formula is C78H108F2O17S2. The van der Waals surface area contributed by atoms with E-state index in [0.717, 1.165) is 55.3 Å². The summed E-state index contributed by atoms with van der Waals surface area (Å²) in [6.45, 7) is 30.2. The zero-order valence-electron chi connectivity index (χ0n) is 61.0. The van der Waals surface area contributed by atoms with Gasteiger partial charge in [0.1, 0.15) is 23.2 Å². The summed E-state index contributed by atoms with van der Waals surface area (Å²) in [6, 6.07) is 38.3. The lowest BCUT2D eigenvalue weighted by molar-refractivity contribution is -0.183. The van der Waals surface area contributed by atoms with Gasteiger partial charge < -0.3 is 43.2 Å². The highest BCUT2D eigenvalue weighted by Crippen LogP contribution is 2.71. The Morgan fingerprint density at radius 2 is 1.05 bits per heavy atom. The lowest BCUT2D eigenvalue weighted by atomic mass is 9.65. The van der Waals surface area contributed by atoms with Gasteiger partial charge in [0.25, 0.3) is 0 Å². The third-order valence-electron chi connectivity index (χ3n) is 22.1. The molecule has 21 heteroatoms. The van der Waals surface area contributed by atoms with Gasteiger partial charge in [-0.3, -0.25) is 28.8 Å². The number of ether oxygens (including phenoxy) is 6. The van der Waals surface area contributed by atoms with Crippen molar-refractivity contribution < 1.29 is 89.2 Å². The van der Waals surface area contributed by atoms with Crippen LogP contribution in [0, 0.1) is 68.5 Å². The first-order chi connectivity index (χ1) is 46.1. The summed E-state index contributed by atoms with van der Waals surface area (Å²) in [5.74, 6) is 3.47. The number of fused-ring (bicyclic) bond motifs is 10. The fourth-order valence-corrected chi connectivity index (χ4v) is 16.0. The molecule has 13 unspecified atom stereocenters. The highest BCUT2D eigenvalue weighted by Gasteiger charge is 2.68. The van der Waals surface area contributed by atoms with E-state index >= 15 is 0 Å². The van der Waals surface area contributed by atoms with E-state index in [4.69, 9.17) is 33.9 Å². The maximum atomic E-state index is 13.0. The van der Waals surface area contributed by atoms with Gasteiger partial charge in [0.15, 0.2) is 43.1 Å². The quantitative estimate of drug-likeness (QED) is 0.0208. The second-order valence-corrected chi connectivity index (χ2v) is 34.0. The predicted molar refractivity (Wildman–Crippen MR) is 373 cm³/mol. The molecule has 3 aliphatic heterocycles. The minimum absolute atomic E-state index is 0.0146. The molecule has 4 saturated carbocycles. The van der Waals surface area contributed by atoms with Crippen LogP contribution >= 0.6 is 0 Å². The van der Waals surface area contributed by atoms with E-state index in [2.05, 4.69) is 110 Å². The summed E-state index contributed by atoms with van der Waals surface area (Å²) in [5, 5.41) is 12.9. The van der Waals surface area contributed by atoms with Crippen molar-refractivity contribution in [1.82, 2.24) is 0 Å². The molecule has 7 fully saturated rings. The van der Waals surface area contributed by atoms with Gasteiger partial charge in [-0.2, -0.15) is 8.78 Å². The van der Waals surface area contributed by atoms with Crippen molar-refractivity contribution in [2.45, 2.75) is 251 Å². The average molecular weight is 1420 g/mol. The number of phenolic OH excluding ortho intramolecular Hbond substituents is 1. The van der Waals surface area contributed by atoms with E-state index in [1.807, 2.05) is 62.3 Å². The van der Waals surface area contributed by atoms with Crippen molar-refractivity contribution >= 4 is 56.8 Å². The molecule has 0 amide bonds. The summed E-state index contributed by atoms with van der Waals surface area (Å²) in [5.41, 5.74) is -3.00. The lowest BCUT2D eigenvalue weighted by Gasteiger charge is -2.46. The zero-order chi connectivity index (χ0) is 74.0. The molecule has 2 N–H and O–H groups in total. The fourth-order valence-electron chi connectivity index (χ4n) is 13.4. The Bertz CT molecular complexity index is 3380. The molecule has 6 bridgehead atoms. The van der Waals surface area contributed by atoms with Gasteiger partial charge in [0.05, 0.1) is 50.0 Å². The van der Waals surface area contributed by atoms with Gasteiger partial charge in [-0.15, -0.1) is 0 Å². The Hall–Kier alpha value is -6.42. The first kappa shape index (κ1) is 81.5. The number of carboxylic acid groups (broad SMARTS) is 1. The van der Waals surface area contributed by atoms with Crippen LogP contribution in [0.15, 0.2) is 130 Å².